The standard InChI is InChI=1S/C21H23N3OS/c1-4-12-24-20(14-25-19-11-6-5-9-17(19)3)22-23-21(24)26-15-18-10-7-8-16(2)13-18/h4-11,13H,1,12,14-15H2,2-3H3. The predicted molar refractivity (Wildman–Crippen MR) is 106 cm³/mol. The summed E-state index contributed by atoms with van der Waals surface area (Å²) < 4.78 is 8.00. The SMILES string of the molecule is C=CCn1c(COc2ccccc2C)nnc1SCc1cccc(C)c1. The number of para-hydroxylation sites is 1. The van der Waals surface area contributed by atoms with Crippen LogP contribution in [0.25, 0.3) is 0 Å². The summed E-state index contributed by atoms with van der Waals surface area (Å²) in [6.07, 6.45) is 1.86. The number of hydrogen-bond donors (Lipinski definition) is 0. The molecular formula is C21H23N3OS. The molecule has 0 aliphatic heterocycles. The van der Waals surface area contributed by atoms with Gasteiger partial charge < -0.3 is 4.74 Å². The molecule has 4 nitrogen and oxygen atoms in total. The van der Waals surface area contributed by atoms with Gasteiger partial charge >= 0.3 is 0 Å². The first-order valence-corrected chi connectivity index (χ1v) is 9.55. The smallest absolute Gasteiger partial charge is 0.191 e. The van der Waals surface area contributed by atoms with E-state index in [0.29, 0.717) is 13.2 Å². The summed E-state index contributed by atoms with van der Waals surface area (Å²) in [5.41, 5.74) is 3.65. The molecule has 0 aliphatic carbocycles. The number of allylic oxidation sites excluding steroid dienone is 1. The predicted octanol–water partition coefficient (Wildman–Crippen LogP) is 4.95. The molecule has 3 rings (SSSR count). The zero-order valence-electron chi connectivity index (χ0n) is 15.2. The van der Waals surface area contributed by atoms with E-state index in [1.54, 1.807) is 11.8 Å². The number of benzene rings is 2. The Kier molecular flexibility index (Phi) is 6.12. The molecule has 1 heterocycles. The monoisotopic (exact) mass is 365 g/mol. The summed E-state index contributed by atoms with van der Waals surface area (Å²) in [5, 5.41) is 9.57. The van der Waals surface area contributed by atoms with Gasteiger partial charge in [-0.2, -0.15) is 0 Å². The first-order valence-electron chi connectivity index (χ1n) is 8.57. The number of aromatic nitrogens is 3. The fraction of sp³-hybridized carbons (Fsp3) is 0.238. The van der Waals surface area contributed by atoms with Crippen molar-refractivity contribution in [3.8, 4) is 5.75 Å². The minimum absolute atomic E-state index is 0.386. The van der Waals surface area contributed by atoms with E-state index in [-0.39, 0.29) is 0 Å². The van der Waals surface area contributed by atoms with Gasteiger partial charge in [0.2, 0.25) is 0 Å². The maximum atomic E-state index is 5.93. The van der Waals surface area contributed by atoms with Gasteiger partial charge in [0, 0.05) is 12.3 Å². The molecule has 0 amide bonds. The zero-order valence-corrected chi connectivity index (χ0v) is 16.0. The molecule has 0 aliphatic rings. The van der Waals surface area contributed by atoms with E-state index in [9.17, 15) is 0 Å². The maximum Gasteiger partial charge on any atom is 0.191 e. The van der Waals surface area contributed by atoms with Crippen LogP contribution >= 0.6 is 11.8 Å². The molecule has 0 fully saturated rings. The zero-order chi connectivity index (χ0) is 18.4. The van der Waals surface area contributed by atoms with E-state index >= 15 is 0 Å². The van der Waals surface area contributed by atoms with Gasteiger partial charge in [-0.15, -0.1) is 16.8 Å². The molecule has 0 unspecified atom stereocenters. The number of aryl methyl sites for hydroxylation is 2. The first kappa shape index (κ1) is 18.3. The lowest BCUT2D eigenvalue weighted by Gasteiger charge is -2.10. The average Bonchev–Trinajstić information content (AvgIpc) is 3.02. The topological polar surface area (TPSA) is 39.9 Å². The number of ether oxygens (including phenoxy) is 1. The summed E-state index contributed by atoms with van der Waals surface area (Å²) in [7, 11) is 0. The quantitative estimate of drug-likeness (QED) is 0.418. The third kappa shape index (κ3) is 4.55. The Bertz CT molecular complexity index is 888. The van der Waals surface area contributed by atoms with E-state index in [1.165, 1.54) is 11.1 Å². The Morgan fingerprint density at radius 1 is 1.12 bits per heavy atom. The van der Waals surface area contributed by atoms with Crippen molar-refractivity contribution in [1.82, 2.24) is 14.8 Å². The highest BCUT2D eigenvalue weighted by molar-refractivity contribution is 7.98. The van der Waals surface area contributed by atoms with Crippen LogP contribution in [0.1, 0.15) is 22.5 Å². The van der Waals surface area contributed by atoms with Crippen molar-refractivity contribution in [3.05, 3.63) is 83.7 Å². The summed E-state index contributed by atoms with van der Waals surface area (Å²) in [6.45, 7) is 9.04. The molecule has 134 valence electrons. The van der Waals surface area contributed by atoms with Crippen LogP contribution in [-0.2, 0) is 18.9 Å². The molecule has 0 bridgehead atoms. The number of nitrogens with zero attached hydrogens (tertiary/aromatic N) is 3. The van der Waals surface area contributed by atoms with Crippen LogP contribution < -0.4 is 4.74 Å². The maximum absolute atomic E-state index is 5.93. The Balaban J connectivity index is 1.71. The highest BCUT2D eigenvalue weighted by Crippen LogP contribution is 2.24. The van der Waals surface area contributed by atoms with Crippen LogP contribution in [0.4, 0.5) is 0 Å². The summed E-state index contributed by atoms with van der Waals surface area (Å²) in [5.74, 6) is 2.53. The summed E-state index contributed by atoms with van der Waals surface area (Å²) in [4.78, 5) is 0. The van der Waals surface area contributed by atoms with Gasteiger partial charge in [-0.3, -0.25) is 4.57 Å². The number of rotatable bonds is 8. The Labute approximate surface area is 158 Å². The van der Waals surface area contributed by atoms with Gasteiger partial charge in [0.25, 0.3) is 0 Å². The lowest BCUT2D eigenvalue weighted by Crippen LogP contribution is -2.08. The third-order valence-electron chi connectivity index (χ3n) is 4.01. The van der Waals surface area contributed by atoms with Crippen LogP contribution in [0.15, 0.2) is 66.3 Å². The van der Waals surface area contributed by atoms with Crippen LogP contribution in [-0.4, -0.2) is 14.8 Å². The van der Waals surface area contributed by atoms with Crippen molar-refractivity contribution >= 4 is 11.8 Å². The first-order chi connectivity index (χ1) is 12.7. The molecular weight excluding hydrogens is 342 g/mol. The van der Waals surface area contributed by atoms with Crippen LogP contribution in [0.2, 0.25) is 0 Å². The second-order valence-electron chi connectivity index (χ2n) is 6.13. The Morgan fingerprint density at radius 2 is 1.96 bits per heavy atom. The summed E-state index contributed by atoms with van der Waals surface area (Å²) in [6, 6.07) is 16.5. The van der Waals surface area contributed by atoms with E-state index in [0.717, 1.165) is 28.0 Å². The highest BCUT2D eigenvalue weighted by Gasteiger charge is 2.13. The van der Waals surface area contributed by atoms with Gasteiger partial charge in [-0.25, -0.2) is 0 Å². The normalized spacial score (nSPS) is 10.7. The molecule has 0 atom stereocenters. The van der Waals surface area contributed by atoms with Crippen molar-refractivity contribution in [2.75, 3.05) is 0 Å². The fourth-order valence-electron chi connectivity index (χ4n) is 2.66. The molecule has 0 saturated carbocycles. The van der Waals surface area contributed by atoms with Gasteiger partial charge in [0.05, 0.1) is 0 Å². The second-order valence-corrected chi connectivity index (χ2v) is 7.07. The Morgan fingerprint density at radius 3 is 2.73 bits per heavy atom. The third-order valence-corrected chi connectivity index (χ3v) is 5.04. The van der Waals surface area contributed by atoms with E-state index in [1.807, 2.05) is 37.3 Å². The molecule has 1 aromatic heterocycles. The van der Waals surface area contributed by atoms with E-state index in [2.05, 4.69) is 52.5 Å². The summed E-state index contributed by atoms with van der Waals surface area (Å²) >= 11 is 1.68. The molecule has 0 radical (unpaired) electrons. The minimum atomic E-state index is 0.386. The van der Waals surface area contributed by atoms with Crippen molar-refractivity contribution in [2.45, 2.75) is 37.9 Å². The molecule has 5 heteroatoms. The van der Waals surface area contributed by atoms with E-state index in [4.69, 9.17) is 4.74 Å². The largest absolute Gasteiger partial charge is 0.485 e. The van der Waals surface area contributed by atoms with Crippen molar-refractivity contribution < 1.29 is 4.74 Å². The van der Waals surface area contributed by atoms with Gasteiger partial charge in [-0.1, -0.05) is 65.9 Å². The lowest BCUT2D eigenvalue weighted by atomic mass is 10.2. The van der Waals surface area contributed by atoms with Crippen molar-refractivity contribution in [2.24, 2.45) is 0 Å². The highest BCUT2D eigenvalue weighted by atomic mass is 32.2. The molecule has 3 aromatic rings. The van der Waals surface area contributed by atoms with Crippen molar-refractivity contribution in [1.29, 1.82) is 0 Å². The van der Waals surface area contributed by atoms with E-state index < -0.39 is 0 Å². The molecule has 0 saturated heterocycles. The fourth-order valence-corrected chi connectivity index (χ4v) is 3.57. The van der Waals surface area contributed by atoms with Crippen molar-refractivity contribution in [3.63, 3.8) is 0 Å². The Hall–Kier alpha value is -2.53. The number of thioether (sulfide) groups is 1. The number of hydrogen-bond acceptors (Lipinski definition) is 4. The van der Waals surface area contributed by atoms with Gasteiger partial charge in [0.15, 0.2) is 11.0 Å². The molecule has 0 N–H and O–H groups in total. The second kappa shape index (κ2) is 8.72. The van der Waals surface area contributed by atoms with Crippen LogP contribution in [0, 0.1) is 13.8 Å². The minimum Gasteiger partial charge on any atom is -0.485 e. The molecule has 0 spiro atoms. The average molecular weight is 366 g/mol. The molecule has 2 aromatic carbocycles. The lowest BCUT2D eigenvalue weighted by molar-refractivity contribution is 0.287. The van der Waals surface area contributed by atoms with Gasteiger partial charge in [-0.05, 0) is 31.0 Å². The van der Waals surface area contributed by atoms with Gasteiger partial charge in [0.1, 0.15) is 12.4 Å². The van der Waals surface area contributed by atoms with Crippen LogP contribution in [0.5, 0.6) is 5.75 Å². The van der Waals surface area contributed by atoms with Crippen LogP contribution in [0.3, 0.4) is 0 Å². The molecule has 26 heavy (non-hydrogen) atoms.